The number of hydrogen-bond acceptors (Lipinski definition) is 3. The lowest BCUT2D eigenvalue weighted by Gasteiger charge is -2.21. The molecule has 0 fully saturated rings. The summed E-state index contributed by atoms with van der Waals surface area (Å²) in [5, 5.41) is 6.81. The molecule has 0 spiro atoms. The van der Waals surface area contributed by atoms with Crippen molar-refractivity contribution < 1.29 is 9.59 Å². The van der Waals surface area contributed by atoms with E-state index < -0.39 is 6.04 Å². The van der Waals surface area contributed by atoms with Crippen molar-refractivity contribution in [2.24, 2.45) is 0 Å². The number of amides is 2. The Morgan fingerprint density at radius 2 is 1.73 bits per heavy atom. The molecule has 0 aromatic heterocycles. The average Bonchev–Trinajstić information content (AvgIpc) is 2.54. The van der Waals surface area contributed by atoms with Gasteiger partial charge in [-0.05, 0) is 29.8 Å². The second kappa shape index (κ2) is 8.92. The zero-order chi connectivity index (χ0) is 19.3. The second-order valence-corrected chi connectivity index (χ2v) is 6.93. The van der Waals surface area contributed by atoms with E-state index in [0.717, 1.165) is 11.3 Å². The minimum Gasteiger partial charge on any atom is -0.375 e. The summed E-state index contributed by atoms with van der Waals surface area (Å²) in [7, 11) is 3.70. The van der Waals surface area contributed by atoms with Gasteiger partial charge >= 0.3 is 0 Å². The molecular weight excluding hydrogens is 373 g/mol. The summed E-state index contributed by atoms with van der Waals surface area (Å²) in [5.74, 6) is -0.446. The third-order valence-corrected chi connectivity index (χ3v) is 4.30. The van der Waals surface area contributed by atoms with Crippen LogP contribution in [0.2, 0.25) is 10.0 Å². The first kappa shape index (κ1) is 20.1. The normalized spacial score (nSPS) is 11.6. The molecule has 1 unspecified atom stereocenters. The number of nitrogens with one attached hydrogen (secondary N) is 2. The van der Waals surface area contributed by atoms with Crippen molar-refractivity contribution in [1.29, 1.82) is 0 Å². The SMILES string of the molecule is CC(=O)NC(CC(=O)Nc1cccc(Cl)c1N(C)C)c1ccc(Cl)cc1. The molecule has 2 rings (SSSR count). The second-order valence-electron chi connectivity index (χ2n) is 6.09. The summed E-state index contributed by atoms with van der Waals surface area (Å²) in [6.45, 7) is 1.42. The molecule has 2 aromatic carbocycles. The molecule has 0 heterocycles. The van der Waals surface area contributed by atoms with Crippen LogP contribution >= 0.6 is 23.2 Å². The summed E-state index contributed by atoms with van der Waals surface area (Å²) in [5.41, 5.74) is 2.15. The van der Waals surface area contributed by atoms with Gasteiger partial charge in [-0.15, -0.1) is 0 Å². The van der Waals surface area contributed by atoms with Gasteiger partial charge < -0.3 is 15.5 Å². The zero-order valence-corrected chi connectivity index (χ0v) is 16.4. The minimum atomic E-state index is -0.452. The van der Waals surface area contributed by atoms with Gasteiger partial charge in [-0.1, -0.05) is 41.4 Å². The van der Waals surface area contributed by atoms with Crippen molar-refractivity contribution in [3.63, 3.8) is 0 Å². The van der Waals surface area contributed by atoms with E-state index in [4.69, 9.17) is 23.2 Å². The van der Waals surface area contributed by atoms with Gasteiger partial charge in [0.1, 0.15) is 0 Å². The summed E-state index contributed by atoms with van der Waals surface area (Å²) < 4.78 is 0. The first-order valence-electron chi connectivity index (χ1n) is 8.06. The van der Waals surface area contributed by atoms with E-state index in [1.54, 1.807) is 42.5 Å². The monoisotopic (exact) mass is 393 g/mol. The highest BCUT2D eigenvalue weighted by atomic mass is 35.5. The Balaban J connectivity index is 2.19. The van der Waals surface area contributed by atoms with Crippen molar-refractivity contribution in [3.8, 4) is 0 Å². The molecule has 26 heavy (non-hydrogen) atoms. The van der Waals surface area contributed by atoms with E-state index in [0.29, 0.717) is 15.7 Å². The van der Waals surface area contributed by atoms with Crippen LogP contribution in [0.15, 0.2) is 42.5 Å². The van der Waals surface area contributed by atoms with Gasteiger partial charge in [-0.25, -0.2) is 0 Å². The Hall–Kier alpha value is -2.24. The maximum Gasteiger partial charge on any atom is 0.226 e. The molecule has 0 saturated heterocycles. The van der Waals surface area contributed by atoms with Gasteiger partial charge in [0.05, 0.1) is 28.9 Å². The molecule has 2 amide bonds. The Kier molecular flexibility index (Phi) is 6.89. The summed E-state index contributed by atoms with van der Waals surface area (Å²) >= 11 is 12.1. The molecule has 5 nitrogen and oxygen atoms in total. The predicted molar refractivity (Wildman–Crippen MR) is 107 cm³/mol. The van der Waals surface area contributed by atoms with Crippen LogP contribution in [0.5, 0.6) is 0 Å². The van der Waals surface area contributed by atoms with Crippen LogP contribution in [-0.4, -0.2) is 25.9 Å². The van der Waals surface area contributed by atoms with E-state index in [-0.39, 0.29) is 18.2 Å². The maximum atomic E-state index is 12.6. The van der Waals surface area contributed by atoms with Crippen molar-refractivity contribution in [3.05, 3.63) is 58.1 Å². The number of benzene rings is 2. The molecule has 0 radical (unpaired) electrons. The van der Waals surface area contributed by atoms with Crippen molar-refractivity contribution in [2.45, 2.75) is 19.4 Å². The van der Waals surface area contributed by atoms with Gasteiger partial charge in [-0.2, -0.15) is 0 Å². The van der Waals surface area contributed by atoms with Crippen molar-refractivity contribution in [2.75, 3.05) is 24.3 Å². The molecule has 138 valence electrons. The highest BCUT2D eigenvalue weighted by molar-refractivity contribution is 6.34. The van der Waals surface area contributed by atoms with E-state index >= 15 is 0 Å². The number of carbonyl (C=O) groups excluding carboxylic acids is 2. The quantitative estimate of drug-likeness (QED) is 0.770. The number of nitrogens with zero attached hydrogens (tertiary/aromatic N) is 1. The Morgan fingerprint density at radius 3 is 2.31 bits per heavy atom. The Labute approximate surface area is 163 Å². The van der Waals surface area contributed by atoms with E-state index in [2.05, 4.69) is 10.6 Å². The summed E-state index contributed by atoms with van der Waals surface area (Å²) in [6.07, 6.45) is 0.0839. The van der Waals surface area contributed by atoms with Gasteiger partial charge in [-0.3, -0.25) is 9.59 Å². The Morgan fingerprint density at radius 1 is 1.08 bits per heavy atom. The average molecular weight is 394 g/mol. The van der Waals surface area contributed by atoms with Crippen LogP contribution in [0.3, 0.4) is 0 Å². The number of carbonyl (C=O) groups is 2. The Bertz CT molecular complexity index is 792. The standard InChI is InChI=1S/C19H21Cl2N3O2/c1-12(25)22-17(13-7-9-14(20)10-8-13)11-18(26)23-16-6-4-5-15(21)19(16)24(2)3/h4-10,17H,11H2,1-3H3,(H,22,25)(H,23,26). The lowest BCUT2D eigenvalue weighted by atomic mass is 10.0. The highest BCUT2D eigenvalue weighted by Crippen LogP contribution is 2.32. The molecule has 0 saturated carbocycles. The van der Waals surface area contributed by atoms with Gasteiger partial charge in [0, 0.05) is 26.0 Å². The summed E-state index contributed by atoms with van der Waals surface area (Å²) in [6, 6.07) is 11.9. The largest absolute Gasteiger partial charge is 0.375 e. The third kappa shape index (κ3) is 5.38. The predicted octanol–water partition coefficient (Wildman–Crippen LogP) is 4.27. The molecule has 0 bridgehead atoms. The van der Waals surface area contributed by atoms with Crippen LogP contribution < -0.4 is 15.5 Å². The molecule has 2 N–H and O–H groups in total. The highest BCUT2D eigenvalue weighted by Gasteiger charge is 2.19. The van der Waals surface area contributed by atoms with Gasteiger partial charge in [0.25, 0.3) is 0 Å². The van der Waals surface area contributed by atoms with Crippen LogP contribution in [0, 0.1) is 0 Å². The van der Waals surface area contributed by atoms with Gasteiger partial charge in [0.15, 0.2) is 0 Å². The first-order valence-corrected chi connectivity index (χ1v) is 8.81. The van der Waals surface area contributed by atoms with E-state index in [9.17, 15) is 9.59 Å². The van der Waals surface area contributed by atoms with Crippen LogP contribution in [-0.2, 0) is 9.59 Å². The lowest BCUT2D eigenvalue weighted by Crippen LogP contribution is -2.30. The first-order chi connectivity index (χ1) is 12.3. The molecule has 0 aliphatic rings. The fraction of sp³-hybridized carbons (Fsp3) is 0.263. The van der Waals surface area contributed by atoms with Crippen LogP contribution in [0.1, 0.15) is 24.9 Å². The molecular formula is C19H21Cl2N3O2. The maximum absolute atomic E-state index is 12.6. The van der Waals surface area contributed by atoms with Crippen LogP contribution in [0.25, 0.3) is 0 Å². The molecule has 0 aliphatic carbocycles. The smallest absolute Gasteiger partial charge is 0.226 e. The summed E-state index contributed by atoms with van der Waals surface area (Å²) in [4.78, 5) is 25.9. The van der Waals surface area contributed by atoms with Crippen LogP contribution in [0.4, 0.5) is 11.4 Å². The number of anilines is 2. The fourth-order valence-electron chi connectivity index (χ4n) is 2.65. The topological polar surface area (TPSA) is 61.4 Å². The van der Waals surface area contributed by atoms with E-state index in [1.165, 1.54) is 6.92 Å². The number of halogens is 2. The lowest BCUT2D eigenvalue weighted by molar-refractivity contribution is -0.120. The number of rotatable bonds is 6. The molecule has 0 aliphatic heterocycles. The fourth-order valence-corrected chi connectivity index (χ4v) is 3.12. The van der Waals surface area contributed by atoms with Crippen molar-refractivity contribution >= 4 is 46.4 Å². The molecule has 1 atom stereocenters. The van der Waals surface area contributed by atoms with Crippen molar-refractivity contribution in [1.82, 2.24) is 5.32 Å². The third-order valence-electron chi connectivity index (χ3n) is 3.75. The number of para-hydroxylation sites is 1. The van der Waals surface area contributed by atoms with Gasteiger partial charge in [0.2, 0.25) is 11.8 Å². The minimum absolute atomic E-state index is 0.0839. The molecule has 2 aromatic rings. The zero-order valence-electron chi connectivity index (χ0n) is 14.8. The molecule has 7 heteroatoms. The van der Waals surface area contributed by atoms with E-state index in [1.807, 2.05) is 19.0 Å². The number of hydrogen-bond donors (Lipinski definition) is 2.